The van der Waals surface area contributed by atoms with Gasteiger partial charge in [0.25, 0.3) is 0 Å². The molecule has 0 bridgehead atoms. The fourth-order valence-corrected chi connectivity index (χ4v) is 1.88. The summed E-state index contributed by atoms with van der Waals surface area (Å²) < 4.78 is 5.92. The standard InChI is InChI=1S/C15H16ClNO/c1-9-4-5-10(2)14(6-9)18-15-8-12(16)13(17)7-11(15)3/h4-8H,17H2,1-3H3. The minimum absolute atomic E-state index is 0.515. The van der Waals surface area contributed by atoms with Crippen LogP contribution < -0.4 is 10.5 Å². The molecule has 0 aliphatic rings. The van der Waals surface area contributed by atoms with Crippen LogP contribution >= 0.6 is 11.6 Å². The van der Waals surface area contributed by atoms with Crippen molar-refractivity contribution in [1.82, 2.24) is 0 Å². The first kappa shape index (κ1) is 12.8. The molecule has 2 nitrogen and oxygen atoms in total. The monoisotopic (exact) mass is 261 g/mol. The summed E-state index contributed by atoms with van der Waals surface area (Å²) in [5.41, 5.74) is 9.54. The highest BCUT2D eigenvalue weighted by Gasteiger charge is 2.07. The second-order valence-corrected chi connectivity index (χ2v) is 4.92. The van der Waals surface area contributed by atoms with Gasteiger partial charge in [-0.3, -0.25) is 0 Å². The third-order valence-electron chi connectivity index (χ3n) is 2.86. The lowest BCUT2D eigenvalue weighted by Crippen LogP contribution is -1.94. The van der Waals surface area contributed by atoms with Gasteiger partial charge in [-0.25, -0.2) is 0 Å². The number of aryl methyl sites for hydroxylation is 3. The van der Waals surface area contributed by atoms with E-state index in [-0.39, 0.29) is 0 Å². The number of hydrogen-bond acceptors (Lipinski definition) is 2. The summed E-state index contributed by atoms with van der Waals surface area (Å²) in [6.45, 7) is 6.01. The maximum absolute atomic E-state index is 6.02. The van der Waals surface area contributed by atoms with E-state index in [0.29, 0.717) is 10.7 Å². The van der Waals surface area contributed by atoms with Crippen LogP contribution in [0.1, 0.15) is 16.7 Å². The zero-order chi connectivity index (χ0) is 13.3. The van der Waals surface area contributed by atoms with Crippen molar-refractivity contribution < 1.29 is 4.74 Å². The Balaban J connectivity index is 2.40. The molecular weight excluding hydrogens is 246 g/mol. The maximum Gasteiger partial charge on any atom is 0.131 e. The van der Waals surface area contributed by atoms with Gasteiger partial charge in [0.2, 0.25) is 0 Å². The van der Waals surface area contributed by atoms with Gasteiger partial charge in [-0.05, 0) is 49.6 Å². The first-order valence-electron chi connectivity index (χ1n) is 5.78. The molecule has 2 N–H and O–H groups in total. The molecule has 0 atom stereocenters. The molecule has 3 heteroatoms. The van der Waals surface area contributed by atoms with Crippen molar-refractivity contribution in [3.05, 3.63) is 52.0 Å². The van der Waals surface area contributed by atoms with E-state index in [0.717, 1.165) is 28.2 Å². The first-order valence-corrected chi connectivity index (χ1v) is 6.16. The Morgan fingerprint density at radius 3 is 2.33 bits per heavy atom. The van der Waals surface area contributed by atoms with E-state index in [4.69, 9.17) is 22.1 Å². The number of hydrogen-bond donors (Lipinski definition) is 1. The Morgan fingerprint density at radius 2 is 1.61 bits per heavy atom. The van der Waals surface area contributed by atoms with Crippen molar-refractivity contribution in [3.8, 4) is 11.5 Å². The molecule has 0 aromatic heterocycles. The third kappa shape index (κ3) is 2.59. The van der Waals surface area contributed by atoms with E-state index < -0.39 is 0 Å². The van der Waals surface area contributed by atoms with Crippen LogP contribution in [-0.4, -0.2) is 0 Å². The van der Waals surface area contributed by atoms with Crippen LogP contribution in [0.4, 0.5) is 5.69 Å². The molecular formula is C15H16ClNO. The van der Waals surface area contributed by atoms with Crippen molar-refractivity contribution >= 4 is 17.3 Å². The van der Waals surface area contributed by atoms with Gasteiger partial charge in [0.15, 0.2) is 0 Å². The van der Waals surface area contributed by atoms with Crippen molar-refractivity contribution in [2.24, 2.45) is 0 Å². The molecule has 0 saturated heterocycles. The Hall–Kier alpha value is -1.67. The molecule has 0 aliphatic carbocycles. The molecule has 0 aliphatic heterocycles. The minimum Gasteiger partial charge on any atom is -0.457 e. The van der Waals surface area contributed by atoms with E-state index in [1.54, 1.807) is 6.07 Å². The number of halogens is 1. The van der Waals surface area contributed by atoms with Crippen LogP contribution in [0, 0.1) is 20.8 Å². The molecule has 0 radical (unpaired) electrons. The summed E-state index contributed by atoms with van der Waals surface area (Å²) in [7, 11) is 0. The van der Waals surface area contributed by atoms with Crippen molar-refractivity contribution in [2.45, 2.75) is 20.8 Å². The Bertz CT molecular complexity index is 593. The third-order valence-corrected chi connectivity index (χ3v) is 3.19. The molecule has 2 aromatic rings. The normalized spacial score (nSPS) is 10.4. The summed E-state index contributed by atoms with van der Waals surface area (Å²) in [6, 6.07) is 9.69. The number of anilines is 1. The molecule has 0 heterocycles. The SMILES string of the molecule is Cc1ccc(C)c(Oc2cc(Cl)c(N)cc2C)c1. The van der Waals surface area contributed by atoms with E-state index >= 15 is 0 Å². The van der Waals surface area contributed by atoms with E-state index in [2.05, 4.69) is 6.07 Å². The predicted octanol–water partition coefficient (Wildman–Crippen LogP) is 4.64. The van der Waals surface area contributed by atoms with E-state index in [1.165, 1.54) is 0 Å². The maximum atomic E-state index is 6.02. The predicted molar refractivity (Wildman–Crippen MR) is 76.6 cm³/mol. The van der Waals surface area contributed by atoms with Gasteiger partial charge >= 0.3 is 0 Å². The largest absolute Gasteiger partial charge is 0.457 e. The Kier molecular flexibility index (Phi) is 3.48. The summed E-state index contributed by atoms with van der Waals surface area (Å²) in [6.07, 6.45) is 0. The molecule has 2 rings (SSSR count). The molecule has 0 amide bonds. The highest BCUT2D eigenvalue weighted by Crippen LogP contribution is 2.33. The minimum atomic E-state index is 0.515. The van der Waals surface area contributed by atoms with E-state index in [1.807, 2.05) is 39.0 Å². The molecule has 0 spiro atoms. The van der Waals surface area contributed by atoms with Crippen molar-refractivity contribution in [3.63, 3.8) is 0 Å². The lowest BCUT2D eigenvalue weighted by molar-refractivity contribution is 0.475. The highest BCUT2D eigenvalue weighted by molar-refractivity contribution is 6.33. The molecule has 18 heavy (non-hydrogen) atoms. The second-order valence-electron chi connectivity index (χ2n) is 4.51. The van der Waals surface area contributed by atoms with Crippen LogP contribution in [0.3, 0.4) is 0 Å². The van der Waals surface area contributed by atoms with Gasteiger partial charge in [-0.15, -0.1) is 0 Å². The van der Waals surface area contributed by atoms with Crippen LogP contribution in [0.2, 0.25) is 5.02 Å². The van der Waals surface area contributed by atoms with Crippen LogP contribution in [0.15, 0.2) is 30.3 Å². The number of nitrogens with two attached hydrogens (primary N) is 1. The van der Waals surface area contributed by atoms with Gasteiger partial charge in [-0.1, -0.05) is 23.7 Å². The smallest absolute Gasteiger partial charge is 0.131 e. The summed E-state index contributed by atoms with van der Waals surface area (Å²) >= 11 is 6.02. The molecule has 0 fully saturated rings. The quantitative estimate of drug-likeness (QED) is 0.800. The summed E-state index contributed by atoms with van der Waals surface area (Å²) in [5.74, 6) is 1.59. The number of rotatable bonds is 2. The number of benzene rings is 2. The molecule has 0 saturated carbocycles. The lowest BCUT2D eigenvalue weighted by Gasteiger charge is -2.13. The zero-order valence-corrected chi connectivity index (χ0v) is 11.5. The molecule has 2 aromatic carbocycles. The molecule has 94 valence electrons. The fourth-order valence-electron chi connectivity index (χ4n) is 1.73. The first-order chi connectivity index (χ1) is 8.47. The van der Waals surface area contributed by atoms with Crippen LogP contribution in [0.5, 0.6) is 11.5 Å². The Morgan fingerprint density at radius 1 is 0.944 bits per heavy atom. The Labute approximate surface area is 112 Å². The van der Waals surface area contributed by atoms with Crippen LogP contribution in [0.25, 0.3) is 0 Å². The van der Waals surface area contributed by atoms with Gasteiger partial charge in [-0.2, -0.15) is 0 Å². The average molecular weight is 262 g/mol. The number of nitrogen functional groups attached to an aromatic ring is 1. The van der Waals surface area contributed by atoms with Crippen molar-refractivity contribution in [2.75, 3.05) is 5.73 Å². The highest BCUT2D eigenvalue weighted by atomic mass is 35.5. The second kappa shape index (κ2) is 4.91. The fraction of sp³-hybridized carbons (Fsp3) is 0.200. The van der Waals surface area contributed by atoms with E-state index in [9.17, 15) is 0 Å². The van der Waals surface area contributed by atoms with Gasteiger partial charge in [0.1, 0.15) is 11.5 Å². The molecule has 0 unspecified atom stereocenters. The average Bonchev–Trinajstić information content (AvgIpc) is 2.30. The van der Waals surface area contributed by atoms with Crippen molar-refractivity contribution in [1.29, 1.82) is 0 Å². The topological polar surface area (TPSA) is 35.2 Å². The van der Waals surface area contributed by atoms with Crippen LogP contribution in [-0.2, 0) is 0 Å². The lowest BCUT2D eigenvalue weighted by atomic mass is 10.1. The van der Waals surface area contributed by atoms with Gasteiger partial charge in [0.05, 0.1) is 10.7 Å². The van der Waals surface area contributed by atoms with Gasteiger partial charge < -0.3 is 10.5 Å². The summed E-state index contributed by atoms with van der Waals surface area (Å²) in [5, 5.41) is 0.515. The summed E-state index contributed by atoms with van der Waals surface area (Å²) in [4.78, 5) is 0. The number of ether oxygens (including phenoxy) is 1. The zero-order valence-electron chi connectivity index (χ0n) is 10.8. The van der Waals surface area contributed by atoms with Gasteiger partial charge in [0, 0.05) is 6.07 Å².